The van der Waals surface area contributed by atoms with Gasteiger partial charge in [-0.3, -0.25) is 4.90 Å². The molecule has 2 atom stereocenters. The van der Waals surface area contributed by atoms with E-state index in [0.29, 0.717) is 12.1 Å². The van der Waals surface area contributed by atoms with Gasteiger partial charge in [-0.1, -0.05) is 22.9 Å². The zero-order valence-corrected chi connectivity index (χ0v) is 12.9. The molecule has 0 spiro atoms. The van der Waals surface area contributed by atoms with Crippen molar-refractivity contribution in [3.05, 3.63) is 28.5 Å². The van der Waals surface area contributed by atoms with Crippen LogP contribution in [-0.4, -0.2) is 36.6 Å². The van der Waals surface area contributed by atoms with Crippen LogP contribution < -0.4 is 4.90 Å². The molecule has 2 saturated heterocycles. The summed E-state index contributed by atoms with van der Waals surface area (Å²) in [4.78, 5) is 4.87. The number of anilines is 1. The summed E-state index contributed by atoms with van der Waals surface area (Å²) in [6, 6.07) is 6.29. The van der Waals surface area contributed by atoms with Crippen LogP contribution >= 0.6 is 15.9 Å². The highest BCUT2D eigenvalue weighted by atomic mass is 79.9. The second-order valence-corrected chi connectivity index (χ2v) is 6.52. The first-order valence-electron chi connectivity index (χ1n) is 7.14. The molecule has 0 amide bonds. The van der Waals surface area contributed by atoms with Crippen LogP contribution in [0.2, 0.25) is 0 Å². The first kappa shape index (κ1) is 13.4. The van der Waals surface area contributed by atoms with Gasteiger partial charge in [0.15, 0.2) is 0 Å². The van der Waals surface area contributed by atoms with Gasteiger partial charge >= 0.3 is 0 Å². The largest absolute Gasteiger partial charge is 0.363 e. The van der Waals surface area contributed by atoms with E-state index in [9.17, 15) is 4.39 Å². The molecule has 0 saturated carbocycles. The molecular formula is C15H20BrFN2. The number of rotatable bonds is 2. The van der Waals surface area contributed by atoms with Crippen LogP contribution in [0.15, 0.2) is 22.7 Å². The number of fused-ring (bicyclic) bond motifs is 1. The molecule has 0 N–H and O–H groups in total. The maximum absolute atomic E-state index is 14.1. The van der Waals surface area contributed by atoms with Crippen molar-refractivity contribution in [2.75, 3.05) is 24.5 Å². The highest BCUT2D eigenvalue weighted by molar-refractivity contribution is 9.10. The topological polar surface area (TPSA) is 6.48 Å². The molecule has 2 heterocycles. The van der Waals surface area contributed by atoms with Gasteiger partial charge in [-0.15, -0.1) is 0 Å². The average Bonchev–Trinajstić information content (AvgIpc) is 2.87. The van der Waals surface area contributed by atoms with E-state index in [2.05, 4.69) is 32.7 Å². The van der Waals surface area contributed by atoms with Gasteiger partial charge in [-0.2, -0.15) is 0 Å². The van der Waals surface area contributed by atoms with Crippen molar-refractivity contribution in [2.24, 2.45) is 0 Å². The van der Waals surface area contributed by atoms with E-state index >= 15 is 0 Å². The number of hydrogen-bond donors (Lipinski definition) is 0. The molecule has 2 unspecified atom stereocenters. The highest BCUT2D eigenvalue weighted by Crippen LogP contribution is 2.32. The molecule has 0 bridgehead atoms. The SMILES string of the molecule is CCC1CN2CCCC2CN1c1cc(Br)ccc1F. The van der Waals surface area contributed by atoms with Crippen LogP contribution in [0.4, 0.5) is 10.1 Å². The van der Waals surface area contributed by atoms with E-state index < -0.39 is 0 Å². The molecule has 0 radical (unpaired) electrons. The standard InChI is InChI=1S/C15H20BrFN2/c1-2-12-9-18-7-3-4-13(18)10-19(12)15-8-11(16)5-6-14(15)17/h5-6,8,12-13H,2-4,7,9-10H2,1H3. The van der Waals surface area contributed by atoms with Crippen LogP contribution in [0.3, 0.4) is 0 Å². The maximum atomic E-state index is 14.1. The van der Waals surface area contributed by atoms with Crippen molar-refractivity contribution in [1.82, 2.24) is 4.90 Å². The molecule has 0 aromatic heterocycles. The third kappa shape index (κ3) is 2.52. The van der Waals surface area contributed by atoms with Crippen molar-refractivity contribution >= 4 is 21.6 Å². The number of benzene rings is 1. The number of halogens is 2. The van der Waals surface area contributed by atoms with E-state index in [1.165, 1.54) is 19.4 Å². The van der Waals surface area contributed by atoms with Crippen molar-refractivity contribution < 1.29 is 4.39 Å². The van der Waals surface area contributed by atoms with Crippen LogP contribution in [0.5, 0.6) is 0 Å². The summed E-state index contributed by atoms with van der Waals surface area (Å²) in [5.74, 6) is -0.104. The Bertz CT molecular complexity index is 465. The Morgan fingerprint density at radius 3 is 3.00 bits per heavy atom. The lowest BCUT2D eigenvalue weighted by molar-refractivity contribution is 0.194. The van der Waals surface area contributed by atoms with Crippen molar-refractivity contribution in [2.45, 2.75) is 38.3 Å². The van der Waals surface area contributed by atoms with Gasteiger partial charge in [-0.05, 0) is 44.0 Å². The zero-order valence-electron chi connectivity index (χ0n) is 11.3. The third-order valence-electron chi connectivity index (χ3n) is 4.48. The molecule has 19 heavy (non-hydrogen) atoms. The Balaban J connectivity index is 1.90. The van der Waals surface area contributed by atoms with Gasteiger partial charge in [0.2, 0.25) is 0 Å². The predicted octanol–water partition coefficient (Wildman–Crippen LogP) is 3.65. The van der Waals surface area contributed by atoms with E-state index in [4.69, 9.17) is 0 Å². The first-order chi connectivity index (χ1) is 9.19. The summed E-state index contributed by atoms with van der Waals surface area (Å²) < 4.78 is 15.1. The third-order valence-corrected chi connectivity index (χ3v) is 4.97. The molecule has 2 fully saturated rings. The van der Waals surface area contributed by atoms with Gasteiger partial charge in [0, 0.05) is 29.6 Å². The van der Waals surface area contributed by atoms with E-state index in [-0.39, 0.29) is 5.82 Å². The number of piperazine rings is 1. The molecule has 0 aliphatic carbocycles. The molecule has 3 rings (SSSR count). The highest BCUT2D eigenvalue weighted by Gasteiger charge is 2.36. The summed E-state index contributed by atoms with van der Waals surface area (Å²) in [6.45, 7) is 5.46. The van der Waals surface area contributed by atoms with Crippen molar-refractivity contribution in [3.8, 4) is 0 Å². The van der Waals surface area contributed by atoms with Gasteiger partial charge in [0.25, 0.3) is 0 Å². The van der Waals surface area contributed by atoms with E-state index in [0.717, 1.165) is 29.7 Å². The maximum Gasteiger partial charge on any atom is 0.146 e. The Kier molecular flexibility index (Phi) is 3.81. The minimum absolute atomic E-state index is 0.104. The molecule has 104 valence electrons. The molecule has 1 aromatic carbocycles. The van der Waals surface area contributed by atoms with Crippen LogP contribution in [0, 0.1) is 5.82 Å². The van der Waals surface area contributed by atoms with Crippen molar-refractivity contribution in [1.29, 1.82) is 0 Å². The lowest BCUT2D eigenvalue weighted by atomic mass is 10.0. The first-order valence-corrected chi connectivity index (χ1v) is 7.94. The summed E-state index contributed by atoms with van der Waals surface area (Å²) in [6.07, 6.45) is 3.60. The summed E-state index contributed by atoms with van der Waals surface area (Å²) in [5.41, 5.74) is 0.757. The van der Waals surface area contributed by atoms with Crippen LogP contribution in [-0.2, 0) is 0 Å². The molecule has 2 aliphatic rings. The van der Waals surface area contributed by atoms with Gasteiger partial charge in [-0.25, -0.2) is 4.39 Å². The molecule has 4 heteroatoms. The zero-order chi connectivity index (χ0) is 13.4. The minimum Gasteiger partial charge on any atom is -0.363 e. The normalized spacial score (nSPS) is 27.6. The fourth-order valence-corrected chi connectivity index (χ4v) is 3.79. The van der Waals surface area contributed by atoms with Gasteiger partial charge < -0.3 is 4.90 Å². The van der Waals surface area contributed by atoms with Crippen LogP contribution in [0.1, 0.15) is 26.2 Å². The quantitative estimate of drug-likeness (QED) is 0.818. The Hall–Kier alpha value is -0.610. The lowest BCUT2D eigenvalue weighted by Crippen LogP contribution is -2.56. The van der Waals surface area contributed by atoms with Crippen LogP contribution in [0.25, 0.3) is 0 Å². The average molecular weight is 327 g/mol. The predicted molar refractivity (Wildman–Crippen MR) is 80.1 cm³/mol. The minimum atomic E-state index is -0.104. The number of hydrogen-bond acceptors (Lipinski definition) is 2. The molecule has 1 aromatic rings. The fourth-order valence-electron chi connectivity index (χ4n) is 3.44. The second-order valence-electron chi connectivity index (χ2n) is 5.60. The summed E-state index contributed by atoms with van der Waals surface area (Å²) in [5, 5.41) is 0. The van der Waals surface area contributed by atoms with E-state index in [1.807, 2.05) is 6.07 Å². The smallest absolute Gasteiger partial charge is 0.146 e. The Labute approximate surface area is 122 Å². The summed E-state index contributed by atoms with van der Waals surface area (Å²) in [7, 11) is 0. The molecule has 2 nitrogen and oxygen atoms in total. The fraction of sp³-hybridized carbons (Fsp3) is 0.600. The number of nitrogens with zero attached hydrogens (tertiary/aromatic N) is 2. The van der Waals surface area contributed by atoms with Gasteiger partial charge in [0.05, 0.1) is 5.69 Å². The van der Waals surface area contributed by atoms with Crippen molar-refractivity contribution in [3.63, 3.8) is 0 Å². The monoisotopic (exact) mass is 326 g/mol. The second kappa shape index (κ2) is 5.41. The summed E-state index contributed by atoms with van der Waals surface area (Å²) >= 11 is 3.46. The Morgan fingerprint density at radius 1 is 1.37 bits per heavy atom. The van der Waals surface area contributed by atoms with Gasteiger partial charge in [0.1, 0.15) is 5.82 Å². The molecular weight excluding hydrogens is 307 g/mol. The van der Waals surface area contributed by atoms with E-state index in [1.54, 1.807) is 12.1 Å². The molecule has 2 aliphatic heterocycles. The lowest BCUT2D eigenvalue weighted by Gasteiger charge is -2.45. The Morgan fingerprint density at radius 2 is 2.21 bits per heavy atom.